The number of fused-ring (bicyclic) bond motifs is 3. The Morgan fingerprint density at radius 1 is 0.657 bits per heavy atom. The molecule has 0 spiro atoms. The fraction of sp³-hybridized carbons (Fsp3) is 0.273. The molecule has 4 aromatic rings. The summed E-state index contributed by atoms with van der Waals surface area (Å²) < 4.78 is 12.0. The highest BCUT2D eigenvalue weighted by molar-refractivity contribution is 5.83. The van der Waals surface area contributed by atoms with Gasteiger partial charge in [-0.25, -0.2) is 0 Å². The van der Waals surface area contributed by atoms with Crippen LogP contribution in [-0.4, -0.2) is 12.9 Å². The second-order valence-corrected chi connectivity index (χ2v) is 9.73. The van der Waals surface area contributed by atoms with Gasteiger partial charge in [0.1, 0.15) is 5.75 Å². The quantitative estimate of drug-likeness (QED) is 0.241. The Morgan fingerprint density at radius 2 is 1.37 bits per heavy atom. The lowest BCUT2D eigenvalue weighted by molar-refractivity contribution is -0.0407. The molecule has 6 rings (SSSR count). The molecule has 2 nitrogen and oxygen atoms in total. The third-order valence-corrected chi connectivity index (χ3v) is 7.34. The van der Waals surface area contributed by atoms with Crippen LogP contribution in [-0.2, 0) is 30.4 Å². The molecule has 1 unspecified atom stereocenters. The third kappa shape index (κ3) is 5.11. The van der Waals surface area contributed by atoms with E-state index in [0.29, 0.717) is 0 Å². The van der Waals surface area contributed by atoms with Gasteiger partial charge < -0.3 is 9.47 Å². The minimum Gasteiger partial charge on any atom is -0.468 e. The third-order valence-electron chi connectivity index (χ3n) is 7.34. The molecule has 174 valence electrons. The molecule has 0 aliphatic heterocycles. The zero-order valence-electron chi connectivity index (χ0n) is 20.1. The highest BCUT2D eigenvalue weighted by atomic mass is 16.7. The van der Waals surface area contributed by atoms with E-state index in [1.165, 1.54) is 58.7 Å². The summed E-state index contributed by atoms with van der Waals surface area (Å²) in [6.07, 6.45) is 8.17. The highest BCUT2D eigenvalue weighted by Gasteiger charge is 2.19. The van der Waals surface area contributed by atoms with Crippen molar-refractivity contribution in [3.63, 3.8) is 0 Å². The Hall–Kier alpha value is -3.54. The average Bonchev–Trinajstić information content (AvgIpc) is 2.91. The smallest absolute Gasteiger partial charge is 0.189 e. The van der Waals surface area contributed by atoms with Crippen molar-refractivity contribution in [2.75, 3.05) is 6.79 Å². The first-order valence-electron chi connectivity index (χ1n) is 12.8. The minimum atomic E-state index is 0.190. The predicted octanol–water partition coefficient (Wildman–Crippen LogP) is 7.03. The zero-order chi connectivity index (χ0) is 23.5. The Balaban J connectivity index is 1.06. The van der Waals surface area contributed by atoms with Crippen molar-refractivity contribution in [1.29, 1.82) is 0 Å². The Labute approximate surface area is 207 Å². The van der Waals surface area contributed by atoms with E-state index < -0.39 is 0 Å². The van der Waals surface area contributed by atoms with Gasteiger partial charge in [-0.1, -0.05) is 54.3 Å². The van der Waals surface area contributed by atoms with E-state index in [-0.39, 0.29) is 12.9 Å². The number of hydrogen-bond acceptors (Lipinski definition) is 2. The molecule has 0 heterocycles. The summed E-state index contributed by atoms with van der Waals surface area (Å²) in [5.74, 6) is 7.63. The van der Waals surface area contributed by atoms with Gasteiger partial charge in [-0.3, -0.25) is 0 Å². The summed E-state index contributed by atoms with van der Waals surface area (Å²) >= 11 is 0. The van der Waals surface area contributed by atoms with E-state index in [1.54, 1.807) is 0 Å². The van der Waals surface area contributed by atoms with Crippen molar-refractivity contribution in [2.24, 2.45) is 0 Å². The van der Waals surface area contributed by atoms with E-state index >= 15 is 0 Å². The molecular formula is C33H30O2. The SMILES string of the molecule is C(#Cc1ccc2c(c1)CCC(OCOc1ccc3ccccc3c1)C2)c1ccc2c(c1)CCCC2. The maximum atomic E-state index is 6.09. The summed E-state index contributed by atoms with van der Waals surface area (Å²) in [4.78, 5) is 0. The van der Waals surface area contributed by atoms with Crippen molar-refractivity contribution in [3.05, 3.63) is 112 Å². The molecule has 0 fully saturated rings. The van der Waals surface area contributed by atoms with E-state index in [0.717, 1.165) is 36.1 Å². The van der Waals surface area contributed by atoms with Crippen molar-refractivity contribution >= 4 is 10.8 Å². The second-order valence-electron chi connectivity index (χ2n) is 9.73. The molecule has 0 radical (unpaired) electrons. The molecular weight excluding hydrogens is 428 g/mol. The summed E-state index contributed by atoms with van der Waals surface area (Å²) in [5.41, 5.74) is 7.99. The normalized spacial score (nSPS) is 16.6. The lowest BCUT2D eigenvalue weighted by Gasteiger charge is -2.25. The van der Waals surface area contributed by atoms with Crippen LogP contribution in [0.25, 0.3) is 10.8 Å². The number of ether oxygens (including phenoxy) is 2. The Bertz CT molecular complexity index is 1420. The van der Waals surface area contributed by atoms with Crippen LogP contribution in [0.3, 0.4) is 0 Å². The zero-order valence-corrected chi connectivity index (χ0v) is 20.1. The molecule has 0 saturated heterocycles. The first-order valence-corrected chi connectivity index (χ1v) is 12.8. The first kappa shape index (κ1) is 22.0. The first-order chi connectivity index (χ1) is 17.3. The molecule has 4 aromatic carbocycles. The van der Waals surface area contributed by atoms with E-state index in [1.807, 2.05) is 12.1 Å². The summed E-state index contributed by atoms with van der Waals surface area (Å²) in [6.45, 7) is 0.280. The lowest BCUT2D eigenvalue weighted by atomic mass is 9.88. The van der Waals surface area contributed by atoms with E-state index in [4.69, 9.17) is 9.47 Å². The Morgan fingerprint density at radius 3 is 2.20 bits per heavy atom. The van der Waals surface area contributed by atoms with Crippen molar-refractivity contribution in [3.8, 4) is 17.6 Å². The minimum absolute atomic E-state index is 0.190. The van der Waals surface area contributed by atoms with Gasteiger partial charge in [0.05, 0.1) is 6.10 Å². The van der Waals surface area contributed by atoms with Gasteiger partial charge in [0.2, 0.25) is 0 Å². The molecule has 2 heteroatoms. The molecule has 2 aliphatic carbocycles. The lowest BCUT2D eigenvalue weighted by Crippen LogP contribution is -2.24. The highest BCUT2D eigenvalue weighted by Crippen LogP contribution is 2.26. The number of benzene rings is 4. The second kappa shape index (κ2) is 9.98. The maximum absolute atomic E-state index is 6.09. The van der Waals surface area contributed by atoms with Crippen LogP contribution in [0, 0.1) is 11.8 Å². The fourth-order valence-electron chi connectivity index (χ4n) is 5.35. The molecule has 1 atom stereocenters. The Kier molecular flexibility index (Phi) is 6.26. The summed E-state index contributed by atoms with van der Waals surface area (Å²) in [6, 6.07) is 27.9. The number of rotatable bonds is 4. The fourth-order valence-corrected chi connectivity index (χ4v) is 5.35. The molecule has 0 amide bonds. The molecule has 0 saturated carbocycles. The van der Waals surface area contributed by atoms with Crippen LogP contribution in [0.4, 0.5) is 0 Å². The van der Waals surface area contributed by atoms with Gasteiger partial charge in [-0.05, 0) is 114 Å². The van der Waals surface area contributed by atoms with Crippen LogP contribution in [0.15, 0.2) is 78.9 Å². The standard InChI is InChI=1S/C33H30O2/c1-3-7-28-19-24(11-13-26(28)5-1)9-10-25-12-14-31-22-33(18-16-30(31)20-25)35-23-34-32-17-15-27-6-2-4-8-29(27)21-32/h2,4,6,8,11-15,17,19-21,33H,1,3,5,7,16,18,22-23H2. The van der Waals surface area contributed by atoms with Gasteiger partial charge in [-0.2, -0.15) is 0 Å². The monoisotopic (exact) mass is 458 g/mol. The summed E-state index contributed by atoms with van der Waals surface area (Å²) in [5, 5.41) is 2.40. The van der Waals surface area contributed by atoms with Crippen molar-refractivity contribution < 1.29 is 9.47 Å². The van der Waals surface area contributed by atoms with Crippen LogP contribution >= 0.6 is 0 Å². The average molecular weight is 459 g/mol. The van der Waals surface area contributed by atoms with Gasteiger partial charge in [0, 0.05) is 11.1 Å². The molecule has 2 aliphatic rings. The largest absolute Gasteiger partial charge is 0.468 e. The van der Waals surface area contributed by atoms with E-state index in [2.05, 4.69) is 78.6 Å². The molecule has 0 aromatic heterocycles. The van der Waals surface area contributed by atoms with Gasteiger partial charge >= 0.3 is 0 Å². The van der Waals surface area contributed by atoms with Gasteiger partial charge in [0.15, 0.2) is 6.79 Å². The van der Waals surface area contributed by atoms with Gasteiger partial charge in [-0.15, -0.1) is 0 Å². The predicted molar refractivity (Wildman–Crippen MR) is 142 cm³/mol. The van der Waals surface area contributed by atoms with Crippen LogP contribution in [0.2, 0.25) is 0 Å². The van der Waals surface area contributed by atoms with Crippen LogP contribution < -0.4 is 4.74 Å². The van der Waals surface area contributed by atoms with Crippen LogP contribution in [0.5, 0.6) is 5.75 Å². The number of hydrogen-bond donors (Lipinski definition) is 0. The summed E-state index contributed by atoms with van der Waals surface area (Å²) in [7, 11) is 0. The van der Waals surface area contributed by atoms with Crippen molar-refractivity contribution in [2.45, 2.75) is 51.0 Å². The van der Waals surface area contributed by atoms with Gasteiger partial charge in [0.25, 0.3) is 0 Å². The molecule has 0 N–H and O–H groups in total. The molecule has 0 bridgehead atoms. The molecule has 35 heavy (non-hydrogen) atoms. The van der Waals surface area contributed by atoms with E-state index in [9.17, 15) is 0 Å². The van der Waals surface area contributed by atoms with Crippen molar-refractivity contribution in [1.82, 2.24) is 0 Å². The topological polar surface area (TPSA) is 18.5 Å². The number of aryl methyl sites for hydroxylation is 3. The maximum Gasteiger partial charge on any atom is 0.189 e. The van der Waals surface area contributed by atoms with Crippen LogP contribution in [0.1, 0.15) is 52.6 Å².